The molecule has 0 amide bonds. The number of nitrogens with one attached hydrogen (secondary N) is 1. The third kappa shape index (κ3) is 3.81. The molecule has 3 rings (SSSR count). The fraction of sp³-hybridized carbons (Fsp3) is 0.211. The number of aliphatic hydroxyl groups is 1. The zero-order valence-electron chi connectivity index (χ0n) is 12.7. The molecule has 0 saturated heterocycles. The lowest BCUT2D eigenvalue weighted by atomic mass is 10.0. The van der Waals surface area contributed by atoms with Gasteiger partial charge in [0.2, 0.25) is 0 Å². The van der Waals surface area contributed by atoms with Crippen molar-refractivity contribution < 1.29 is 5.11 Å². The normalized spacial score (nSPS) is 12.3. The van der Waals surface area contributed by atoms with Crippen LogP contribution in [0.15, 0.2) is 60.8 Å². The van der Waals surface area contributed by atoms with Crippen molar-refractivity contribution in [3.63, 3.8) is 0 Å². The molecule has 23 heavy (non-hydrogen) atoms. The monoisotopic (exact) mass is 326 g/mol. The van der Waals surface area contributed by atoms with E-state index in [4.69, 9.17) is 11.6 Å². The van der Waals surface area contributed by atoms with E-state index < -0.39 is 0 Å². The number of hydrogen-bond donors (Lipinski definition) is 2. The standard InChI is InChI=1S/C19H19ClN2O/c20-15-8-9-16-18(10-11-21-19(16)13-15)22-17(7-4-12-23)14-5-2-1-3-6-14/h1-3,5-6,8-11,13,17,23H,4,7,12H2,(H,21,22). The smallest absolute Gasteiger partial charge is 0.0737 e. The fourth-order valence-electron chi connectivity index (χ4n) is 2.74. The van der Waals surface area contributed by atoms with Gasteiger partial charge in [-0.2, -0.15) is 0 Å². The van der Waals surface area contributed by atoms with Gasteiger partial charge in [-0.25, -0.2) is 0 Å². The highest BCUT2D eigenvalue weighted by Crippen LogP contribution is 2.29. The highest BCUT2D eigenvalue weighted by Gasteiger charge is 2.12. The Morgan fingerprint density at radius 1 is 1.09 bits per heavy atom. The Kier molecular flexibility index (Phi) is 5.11. The molecule has 1 heterocycles. The van der Waals surface area contributed by atoms with Crippen LogP contribution in [0.1, 0.15) is 24.4 Å². The first-order valence-electron chi connectivity index (χ1n) is 7.74. The summed E-state index contributed by atoms with van der Waals surface area (Å²) in [7, 11) is 0. The first-order chi connectivity index (χ1) is 11.3. The molecule has 0 aliphatic rings. The van der Waals surface area contributed by atoms with E-state index in [9.17, 15) is 5.11 Å². The molecule has 1 unspecified atom stereocenters. The van der Waals surface area contributed by atoms with Crippen LogP contribution in [-0.2, 0) is 0 Å². The summed E-state index contributed by atoms with van der Waals surface area (Å²) in [6.45, 7) is 0.192. The van der Waals surface area contributed by atoms with Crippen LogP contribution >= 0.6 is 11.6 Å². The van der Waals surface area contributed by atoms with Crippen LogP contribution in [-0.4, -0.2) is 16.7 Å². The predicted octanol–water partition coefficient (Wildman–Crippen LogP) is 4.81. The Morgan fingerprint density at radius 3 is 2.70 bits per heavy atom. The average molecular weight is 327 g/mol. The number of anilines is 1. The molecule has 0 aliphatic heterocycles. The van der Waals surface area contributed by atoms with Crippen LogP contribution in [0, 0.1) is 0 Å². The van der Waals surface area contributed by atoms with Gasteiger partial charge in [0.15, 0.2) is 0 Å². The van der Waals surface area contributed by atoms with Gasteiger partial charge in [-0.05, 0) is 42.7 Å². The van der Waals surface area contributed by atoms with E-state index >= 15 is 0 Å². The van der Waals surface area contributed by atoms with Crippen molar-refractivity contribution in [1.29, 1.82) is 0 Å². The summed E-state index contributed by atoms with van der Waals surface area (Å²) in [4.78, 5) is 4.38. The molecule has 0 radical (unpaired) electrons. The Morgan fingerprint density at radius 2 is 1.91 bits per heavy atom. The molecule has 118 valence electrons. The van der Waals surface area contributed by atoms with Crippen LogP contribution in [0.5, 0.6) is 0 Å². The summed E-state index contributed by atoms with van der Waals surface area (Å²) >= 11 is 6.05. The summed E-state index contributed by atoms with van der Waals surface area (Å²) in [5, 5.41) is 14.5. The number of fused-ring (bicyclic) bond motifs is 1. The first-order valence-corrected chi connectivity index (χ1v) is 8.12. The van der Waals surface area contributed by atoms with Crippen LogP contribution < -0.4 is 5.32 Å². The van der Waals surface area contributed by atoms with Crippen LogP contribution in [0.2, 0.25) is 5.02 Å². The Balaban J connectivity index is 1.93. The molecule has 4 heteroatoms. The zero-order chi connectivity index (χ0) is 16.1. The van der Waals surface area contributed by atoms with Gasteiger partial charge >= 0.3 is 0 Å². The lowest BCUT2D eigenvalue weighted by Gasteiger charge is -2.21. The highest BCUT2D eigenvalue weighted by molar-refractivity contribution is 6.31. The van der Waals surface area contributed by atoms with Crippen LogP contribution in [0.3, 0.4) is 0 Å². The van der Waals surface area contributed by atoms with Crippen molar-refractivity contribution in [3.8, 4) is 0 Å². The Hall–Kier alpha value is -2.10. The van der Waals surface area contributed by atoms with Crippen molar-refractivity contribution >= 4 is 28.2 Å². The lowest BCUT2D eigenvalue weighted by molar-refractivity contribution is 0.281. The second-order valence-corrected chi connectivity index (χ2v) is 5.93. The molecule has 3 nitrogen and oxygen atoms in total. The SMILES string of the molecule is OCCCC(Nc1ccnc2cc(Cl)ccc12)c1ccccc1. The number of hydrogen-bond acceptors (Lipinski definition) is 3. The second kappa shape index (κ2) is 7.44. The number of pyridine rings is 1. The van der Waals surface area contributed by atoms with Gasteiger partial charge < -0.3 is 10.4 Å². The minimum absolute atomic E-state index is 0.143. The van der Waals surface area contributed by atoms with Gasteiger partial charge in [-0.3, -0.25) is 4.98 Å². The van der Waals surface area contributed by atoms with Crippen molar-refractivity contribution in [2.75, 3.05) is 11.9 Å². The molecule has 1 atom stereocenters. The molecule has 2 aromatic carbocycles. The van der Waals surface area contributed by atoms with E-state index in [1.54, 1.807) is 6.20 Å². The number of halogens is 1. The van der Waals surface area contributed by atoms with Crippen molar-refractivity contribution in [2.24, 2.45) is 0 Å². The Labute approximate surface area is 140 Å². The number of aromatic nitrogens is 1. The van der Waals surface area contributed by atoms with E-state index in [-0.39, 0.29) is 12.6 Å². The van der Waals surface area contributed by atoms with Gasteiger partial charge in [0.1, 0.15) is 0 Å². The number of nitrogens with zero attached hydrogens (tertiary/aromatic N) is 1. The molecule has 0 saturated carbocycles. The first kappa shape index (κ1) is 15.8. The topological polar surface area (TPSA) is 45.1 Å². The number of benzene rings is 2. The Bertz CT molecular complexity index is 777. The van der Waals surface area contributed by atoms with Crippen LogP contribution in [0.25, 0.3) is 10.9 Å². The number of rotatable bonds is 6. The van der Waals surface area contributed by atoms with Gasteiger partial charge in [-0.1, -0.05) is 41.9 Å². The van der Waals surface area contributed by atoms with E-state index in [2.05, 4.69) is 22.4 Å². The summed E-state index contributed by atoms with van der Waals surface area (Å²) < 4.78 is 0. The molecule has 2 N–H and O–H groups in total. The molecular weight excluding hydrogens is 308 g/mol. The molecule has 3 aromatic rings. The van der Waals surface area contributed by atoms with Gasteiger partial charge in [-0.15, -0.1) is 0 Å². The van der Waals surface area contributed by atoms with Crippen molar-refractivity contribution in [2.45, 2.75) is 18.9 Å². The maximum atomic E-state index is 9.18. The predicted molar refractivity (Wildman–Crippen MR) is 95.9 cm³/mol. The fourth-order valence-corrected chi connectivity index (χ4v) is 2.90. The third-order valence-corrected chi connectivity index (χ3v) is 4.12. The average Bonchev–Trinajstić information content (AvgIpc) is 2.59. The molecule has 0 aliphatic carbocycles. The largest absolute Gasteiger partial charge is 0.396 e. The quantitative estimate of drug-likeness (QED) is 0.683. The third-order valence-electron chi connectivity index (χ3n) is 3.89. The van der Waals surface area contributed by atoms with Gasteiger partial charge in [0, 0.05) is 28.9 Å². The van der Waals surface area contributed by atoms with E-state index in [1.165, 1.54) is 5.56 Å². The van der Waals surface area contributed by atoms with Crippen molar-refractivity contribution in [3.05, 3.63) is 71.4 Å². The van der Waals surface area contributed by atoms with Gasteiger partial charge in [0.25, 0.3) is 0 Å². The lowest BCUT2D eigenvalue weighted by Crippen LogP contribution is -2.12. The molecule has 0 bridgehead atoms. The molecule has 0 fully saturated rings. The summed E-state index contributed by atoms with van der Waals surface area (Å²) in [5.41, 5.74) is 3.11. The van der Waals surface area contributed by atoms with Crippen molar-refractivity contribution in [1.82, 2.24) is 4.98 Å². The zero-order valence-corrected chi connectivity index (χ0v) is 13.5. The maximum absolute atomic E-state index is 9.18. The summed E-state index contributed by atoms with van der Waals surface area (Å²) in [6.07, 6.45) is 3.40. The molecule has 1 aromatic heterocycles. The minimum Gasteiger partial charge on any atom is -0.396 e. The van der Waals surface area contributed by atoms with E-state index in [0.717, 1.165) is 29.4 Å². The summed E-state index contributed by atoms with van der Waals surface area (Å²) in [6, 6.07) is 18.1. The molecular formula is C19H19ClN2O. The summed E-state index contributed by atoms with van der Waals surface area (Å²) in [5.74, 6) is 0. The minimum atomic E-state index is 0.143. The maximum Gasteiger partial charge on any atom is 0.0737 e. The second-order valence-electron chi connectivity index (χ2n) is 5.49. The highest BCUT2D eigenvalue weighted by atomic mass is 35.5. The van der Waals surface area contributed by atoms with Gasteiger partial charge in [0.05, 0.1) is 11.6 Å². The van der Waals surface area contributed by atoms with E-state index in [1.807, 2.05) is 42.5 Å². The van der Waals surface area contributed by atoms with Crippen LogP contribution in [0.4, 0.5) is 5.69 Å². The molecule has 0 spiro atoms. The van der Waals surface area contributed by atoms with E-state index in [0.29, 0.717) is 5.02 Å². The number of aliphatic hydroxyl groups excluding tert-OH is 1.